The Morgan fingerprint density at radius 2 is 0.826 bits per heavy atom. The van der Waals surface area contributed by atoms with Crippen molar-refractivity contribution in [3.8, 4) is 0 Å². The van der Waals surface area contributed by atoms with Crippen LogP contribution in [-0.4, -0.2) is 90.0 Å². The number of ether oxygens (including phenoxy) is 6. The van der Waals surface area contributed by atoms with Gasteiger partial charge in [0.1, 0.15) is 0 Å². The van der Waals surface area contributed by atoms with Crippen LogP contribution in [0.3, 0.4) is 0 Å². The van der Waals surface area contributed by atoms with Gasteiger partial charge in [-0.3, -0.25) is 0 Å². The van der Waals surface area contributed by atoms with Crippen LogP contribution in [0, 0.1) is 0 Å². The lowest BCUT2D eigenvalue weighted by atomic mass is 10.2. The van der Waals surface area contributed by atoms with E-state index >= 15 is 0 Å². The number of hydrogen-bond donors (Lipinski definition) is 1. The van der Waals surface area contributed by atoms with Crippen LogP contribution in [0.1, 0.15) is 20.8 Å². The standard InChI is InChI=1S/C16H34O7/c1-16(2,3)23-15-14-22-13-12-21-11-10-20-9-8-19-7-6-18-5-4-17/h17H,4-15H2,1-3H3. The third-order valence-corrected chi connectivity index (χ3v) is 2.49. The van der Waals surface area contributed by atoms with Gasteiger partial charge in [0.15, 0.2) is 0 Å². The smallest absolute Gasteiger partial charge is 0.0707 e. The van der Waals surface area contributed by atoms with Gasteiger partial charge in [-0.05, 0) is 20.8 Å². The summed E-state index contributed by atoms with van der Waals surface area (Å²) >= 11 is 0. The fourth-order valence-corrected chi connectivity index (χ4v) is 1.45. The lowest BCUT2D eigenvalue weighted by Crippen LogP contribution is -2.22. The van der Waals surface area contributed by atoms with Crippen molar-refractivity contribution in [2.75, 3.05) is 79.3 Å². The van der Waals surface area contributed by atoms with Crippen molar-refractivity contribution in [2.24, 2.45) is 0 Å². The minimum Gasteiger partial charge on any atom is -0.394 e. The molecule has 0 atom stereocenters. The number of aliphatic hydroxyl groups excluding tert-OH is 1. The molecule has 7 heteroatoms. The second-order valence-corrected chi connectivity index (χ2v) is 5.75. The summed E-state index contributed by atoms with van der Waals surface area (Å²) < 4.78 is 32.0. The Balaban J connectivity index is 3.00. The molecule has 0 fully saturated rings. The summed E-state index contributed by atoms with van der Waals surface area (Å²) in [4.78, 5) is 0. The van der Waals surface area contributed by atoms with Gasteiger partial charge < -0.3 is 33.5 Å². The maximum absolute atomic E-state index is 8.50. The Hall–Kier alpha value is -0.280. The Labute approximate surface area is 140 Å². The molecule has 0 unspecified atom stereocenters. The number of rotatable bonds is 17. The van der Waals surface area contributed by atoms with E-state index in [4.69, 9.17) is 33.5 Å². The third-order valence-electron chi connectivity index (χ3n) is 2.49. The van der Waals surface area contributed by atoms with Crippen molar-refractivity contribution >= 4 is 0 Å². The molecule has 0 heterocycles. The molecule has 0 aliphatic heterocycles. The van der Waals surface area contributed by atoms with Gasteiger partial charge in [0, 0.05) is 0 Å². The molecule has 0 rings (SSSR count). The van der Waals surface area contributed by atoms with Crippen LogP contribution in [0.2, 0.25) is 0 Å². The summed E-state index contributed by atoms with van der Waals surface area (Å²) in [7, 11) is 0. The zero-order valence-corrected chi connectivity index (χ0v) is 14.9. The average molecular weight is 338 g/mol. The molecule has 0 spiro atoms. The lowest BCUT2D eigenvalue weighted by Gasteiger charge is -2.19. The summed E-state index contributed by atoms with van der Waals surface area (Å²) in [5.41, 5.74) is -0.118. The summed E-state index contributed by atoms with van der Waals surface area (Å²) in [6, 6.07) is 0. The molecule has 0 saturated carbocycles. The van der Waals surface area contributed by atoms with Crippen LogP contribution in [0.25, 0.3) is 0 Å². The molecule has 23 heavy (non-hydrogen) atoms. The highest BCUT2D eigenvalue weighted by Crippen LogP contribution is 2.05. The first-order valence-electron chi connectivity index (χ1n) is 8.20. The summed E-state index contributed by atoms with van der Waals surface area (Å²) in [5.74, 6) is 0. The Kier molecular flexibility index (Phi) is 16.4. The molecule has 7 nitrogen and oxygen atoms in total. The summed E-state index contributed by atoms with van der Waals surface area (Å²) in [5, 5.41) is 8.50. The molecule has 0 aliphatic rings. The van der Waals surface area contributed by atoms with Crippen molar-refractivity contribution in [3.05, 3.63) is 0 Å². The van der Waals surface area contributed by atoms with Gasteiger partial charge in [-0.15, -0.1) is 0 Å². The van der Waals surface area contributed by atoms with E-state index in [9.17, 15) is 0 Å². The van der Waals surface area contributed by atoms with E-state index in [0.717, 1.165) is 0 Å². The molecule has 1 N–H and O–H groups in total. The SMILES string of the molecule is CC(C)(C)OCCOCCOCCOCCOCCOCCO. The molecule has 0 aromatic heterocycles. The highest BCUT2D eigenvalue weighted by atomic mass is 16.6. The van der Waals surface area contributed by atoms with Crippen LogP contribution >= 0.6 is 0 Å². The minimum atomic E-state index is -0.118. The third kappa shape index (κ3) is 21.7. The predicted molar refractivity (Wildman–Crippen MR) is 86.9 cm³/mol. The van der Waals surface area contributed by atoms with Crippen molar-refractivity contribution in [1.82, 2.24) is 0 Å². The quantitative estimate of drug-likeness (QED) is 0.395. The van der Waals surface area contributed by atoms with Gasteiger partial charge in [0.2, 0.25) is 0 Å². The fraction of sp³-hybridized carbons (Fsp3) is 1.00. The molecule has 0 amide bonds. The zero-order valence-electron chi connectivity index (χ0n) is 14.9. The van der Waals surface area contributed by atoms with Crippen molar-refractivity contribution in [3.63, 3.8) is 0 Å². The molecule has 0 aliphatic carbocycles. The van der Waals surface area contributed by atoms with Crippen molar-refractivity contribution in [2.45, 2.75) is 26.4 Å². The van der Waals surface area contributed by atoms with Crippen molar-refractivity contribution < 1.29 is 33.5 Å². The molecular formula is C16H34O7. The maximum Gasteiger partial charge on any atom is 0.0707 e. The first-order valence-corrected chi connectivity index (χ1v) is 8.20. The van der Waals surface area contributed by atoms with Crippen LogP contribution in [0.15, 0.2) is 0 Å². The van der Waals surface area contributed by atoms with Gasteiger partial charge in [0.05, 0.1) is 84.9 Å². The molecule has 0 saturated heterocycles. The zero-order chi connectivity index (χ0) is 17.2. The molecule has 0 bridgehead atoms. The number of aliphatic hydroxyl groups is 1. The molecule has 140 valence electrons. The Morgan fingerprint density at radius 3 is 1.13 bits per heavy atom. The van der Waals surface area contributed by atoms with Crippen LogP contribution < -0.4 is 0 Å². The highest BCUT2D eigenvalue weighted by molar-refractivity contribution is 4.57. The maximum atomic E-state index is 8.50. The Morgan fingerprint density at radius 1 is 0.522 bits per heavy atom. The van der Waals surface area contributed by atoms with E-state index in [1.165, 1.54) is 0 Å². The summed E-state index contributed by atoms with van der Waals surface area (Å²) in [6.07, 6.45) is 0. The van der Waals surface area contributed by atoms with E-state index in [1.807, 2.05) is 20.8 Å². The van der Waals surface area contributed by atoms with Gasteiger partial charge >= 0.3 is 0 Å². The van der Waals surface area contributed by atoms with Crippen LogP contribution in [0.4, 0.5) is 0 Å². The molecular weight excluding hydrogens is 304 g/mol. The van der Waals surface area contributed by atoms with E-state index in [1.54, 1.807) is 0 Å². The van der Waals surface area contributed by atoms with Crippen LogP contribution in [0.5, 0.6) is 0 Å². The number of hydrogen-bond acceptors (Lipinski definition) is 7. The molecule has 0 aromatic rings. The first-order chi connectivity index (χ1) is 11.1. The monoisotopic (exact) mass is 338 g/mol. The minimum absolute atomic E-state index is 0.0405. The van der Waals surface area contributed by atoms with Gasteiger partial charge in [-0.1, -0.05) is 0 Å². The Bertz CT molecular complexity index is 231. The van der Waals surface area contributed by atoms with Gasteiger partial charge in [-0.25, -0.2) is 0 Å². The molecule has 0 aromatic carbocycles. The normalized spacial score (nSPS) is 12.0. The predicted octanol–water partition coefficient (Wildman–Crippen LogP) is 0.877. The largest absolute Gasteiger partial charge is 0.394 e. The van der Waals surface area contributed by atoms with Gasteiger partial charge in [-0.2, -0.15) is 0 Å². The van der Waals surface area contributed by atoms with Crippen molar-refractivity contribution in [1.29, 1.82) is 0 Å². The average Bonchev–Trinajstić information content (AvgIpc) is 2.49. The van der Waals surface area contributed by atoms with E-state index in [-0.39, 0.29) is 12.2 Å². The van der Waals surface area contributed by atoms with E-state index in [0.29, 0.717) is 72.7 Å². The van der Waals surface area contributed by atoms with E-state index < -0.39 is 0 Å². The van der Waals surface area contributed by atoms with Crippen LogP contribution in [-0.2, 0) is 28.4 Å². The lowest BCUT2D eigenvalue weighted by molar-refractivity contribution is -0.0464. The van der Waals surface area contributed by atoms with E-state index in [2.05, 4.69) is 0 Å². The topological polar surface area (TPSA) is 75.6 Å². The first kappa shape index (κ1) is 22.7. The highest BCUT2D eigenvalue weighted by Gasteiger charge is 2.08. The second-order valence-electron chi connectivity index (χ2n) is 5.75. The molecule has 0 radical (unpaired) electrons. The second kappa shape index (κ2) is 16.6. The summed E-state index contributed by atoms with van der Waals surface area (Å²) in [6.45, 7) is 11.9. The fourth-order valence-electron chi connectivity index (χ4n) is 1.45. The van der Waals surface area contributed by atoms with Gasteiger partial charge in [0.25, 0.3) is 0 Å².